The topological polar surface area (TPSA) is 61.5 Å². The Kier molecular flexibility index (Phi) is 5.44. The standard InChI is InChI=1S/C13H17NO3.ClH/c1-16-13(15)12(14)8-9-2-4-10(5-3-9)17-11-6-7-11;/h2-5,11-12H,6-8,14H2,1H3;1H/t12-;/m0./s1. The lowest BCUT2D eigenvalue weighted by molar-refractivity contribution is -0.142. The van der Waals surface area contributed by atoms with E-state index in [0.717, 1.165) is 24.2 Å². The number of benzene rings is 1. The number of hydrogen-bond donors (Lipinski definition) is 1. The molecular weight excluding hydrogens is 254 g/mol. The fraction of sp³-hybridized carbons (Fsp3) is 0.462. The van der Waals surface area contributed by atoms with Crippen LogP contribution in [-0.2, 0) is 16.0 Å². The van der Waals surface area contributed by atoms with E-state index < -0.39 is 6.04 Å². The maximum Gasteiger partial charge on any atom is 0.322 e. The van der Waals surface area contributed by atoms with Crippen molar-refractivity contribution in [3.8, 4) is 5.75 Å². The number of methoxy groups -OCH3 is 1. The summed E-state index contributed by atoms with van der Waals surface area (Å²) >= 11 is 0. The summed E-state index contributed by atoms with van der Waals surface area (Å²) in [6, 6.07) is 7.09. The van der Waals surface area contributed by atoms with Crippen molar-refractivity contribution in [1.82, 2.24) is 0 Å². The third-order valence-corrected chi connectivity index (χ3v) is 2.71. The number of esters is 1. The summed E-state index contributed by atoms with van der Waals surface area (Å²) in [5, 5.41) is 0. The molecule has 1 fully saturated rings. The number of hydrogen-bond acceptors (Lipinski definition) is 4. The van der Waals surface area contributed by atoms with Gasteiger partial charge in [0, 0.05) is 0 Å². The van der Waals surface area contributed by atoms with E-state index in [0.29, 0.717) is 12.5 Å². The third kappa shape index (κ3) is 4.20. The molecule has 18 heavy (non-hydrogen) atoms. The van der Waals surface area contributed by atoms with Gasteiger partial charge in [0.1, 0.15) is 11.8 Å². The van der Waals surface area contributed by atoms with Crippen LogP contribution >= 0.6 is 12.4 Å². The molecule has 2 rings (SSSR count). The molecule has 0 amide bonds. The highest BCUT2D eigenvalue weighted by atomic mass is 35.5. The van der Waals surface area contributed by atoms with Gasteiger partial charge in [0.15, 0.2) is 0 Å². The zero-order valence-electron chi connectivity index (χ0n) is 10.3. The lowest BCUT2D eigenvalue weighted by Crippen LogP contribution is -2.33. The lowest BCUT2D eigenvalue weighted by Gasteiger charge is -2.10. The van der Waals surface area contributed by atoms with Crippen molar-refractivity contribution in [2.75, 3.05) is 7.11 Å². The molecule has 0 unspecified atom stereocenters. The van der Waals surface area contributed by atoms with Crippen molar-refractivity contribution in [2.45, 2.75) is 31.4 Å². The maximum atomic E-state index is 11.2. The van der Waals surface area contributed by atoms with Crippen molar-refractivity contribution >= 4 is 18.4 Å². The maximum absolute atomic E-state index is 11.2. The average Bonchev–Trinajstić information content (AvgIpc) is 3.14. The van der Waals surface area contributed by atoms with Crippen LogP contribution in [0.2, 0.25) is 0 Å². The van der Waals surface area contributed by atoms with Gasteiger partial charge in [-0.3, -0.25) is 4.79 Å². The van der Waals surface area contributed by atoms with Crippen LogP contribution in [0.25, 0.3) is 0 Å². The second-order valence-electron chi connectivity index (χ2n) is 4.29. The molecule has 2 N–H and O–H groups in total. The number of carbonyl (C=O) groups excluding carboxylic acids is 1. The normalized spacial score (nSPS) is 15.4. The summed E-state index contributed by atoms with van der Waals surface area (Å²) in [5.41, 5.74) is 6.69. The second kappa shape index (κ2) is 6.61. The van der Waals surface area contributed by atoms with Gasteiger partial charge in [-0.1, -0.05) is 12.1 Å². The minimum Gasteiger partial charge on any atom is -0.490 e. The first-order chi connectivity index (χ1) is 8.19. The predicted molar refractivity (Wildman–Crippen MR) is 71.0 cm³/mol. The molecule has 1 saturated carbocycles. The summed E-state index contributed by atoms with van der Waals surface area (Å²) in [4.78, 5) is 11.2. The average molecular weight is 272 g/mol. The van der Waals surface area contributed by atoms with Gasteiger partial charge >= 0.3 is 5.97 Å². The molecular formula is C13H18ClNO3. The van der Waals surface area contributed by atoms with Crippen LogP contribution in [0.15, 0.2) is 24.3 Å². The molecule has 0 bridgehead atoms. The Bertz CT molecular complexity index is 390. The first-order valence-corrected chi connectivity index (χ1v) is 5.78. The second-order valence-corrected chi connectivity index (χ2v) is 4.29. The number of ether oxygens (including phenoxy) is 2. The molecule has 0 aromatic heterocycles. The first-order valence-electron chi connectivity index (χ1n) is 5.78. The Morgan fingerprint density at radius 3 is 2.50 bits per heavy atom. The highest BCUT2D eigenvalue weighted by molar-refractivity contribution is 5.85. The van der Waals surface area contributed by atoms with E-state index in [-0.39, 0.29) is 18.4 Å². The Balaban J connectivity index is 0.00000162. The Morgan fingerprint density at radius 2 is 2.00 bits per heavy atom. The molecule has 1 atom stereocenters. The Hall–Kier alpha value is -1.26. The van der Waals surface area contributed by atoms with Crippen LogP contribution in [0.3, 0.4) is 0 Å². The highest BCUT2D eigenvalue weighted by Crippen LogP contribution is 2.26. The Morgan fingerprint density at radius 1 is 1.39 bits per heavy atom. The van der Waals surface area contributed by atoms with Crippen LogP contribution in [0.1, 0.15) is 18.4 Å². The monoisotopic (exact) mass is 271 g/mol. The largest absolute Gasteiger partial charge is 0.490 e. The predicted octanol–water partition coefficient (Wildman–Crippen LogP) is 1.69. The van der Waals surface area contributed by atoms with Gasteiger partial charge in [-0.2, -0.15) is 0 Å². The van der Waals surface area contributed by atoms with Gasteiger partial charge in [-0.15, -0.1) is 12.4 Å². The van der Waals surface area contributed by atoms with Crippen molar-refractivity contribution < 1.29 is 14.3 Å². The molecule has 1 aliphatic carbocycles. The van der Waals surface area contributed by atoms with Crippen LogP contribution < -0.4 is 10.5 Å². The van der Waals surface area contributed by atoms with Crippen LogP contribution in [-0.4, -0.2) is 25.2 Å². The first kappa shape index (κ1) is 14.8. The van der Waals surface area contributed by atoms with Crippen LogP contribution in [0.5, 0.6) is 5.75 Å². The minimum absolute atomic E-state index is 0. The van der Waals surface area contributed by atoms with E-state index in [1.807, 2.05) is 24.3 Å². The van der Waals surface area contributed by atoms with Gasteiger partial charge in [0.2, 0.25) is 0 Å². The zero-order valence-corrected chi connectivity index (χ0v) is 11.1. The van der Waals surface area contributed by atoms with E-state index in [4.69, 9.17) is 10.5 Å². The van der Waals surface area contributed by atoms with Gasteiger partial charge in [-0.05, 0) is 37.0 Å². The van der Waals surface area contributed by atoms with Crippen molar-refractivity contribution in [2.24, 2.45) is 5.73 Å². The van der Waals surface area contributed by atoms with E-state index in [1.165, 1.54) is 7.11 Å². The molecule has 5 heteroatoms. The zero-order chi connectivity index (χ0) is 12.3. The number of halogens is 1. The molecule has 100 valence electrons. The highest BCUT2D eigenvalue weighted by Gasteiger charge is 2.23. The van der Waals surface area contributed by atoms with E-state index >= 15 is 0 Å². The summed E-state index contributed by atoms with van der Waals surface area (Å²) < 4.78 is 10.2. The van der Waals surface area contributed by atoms with Gasteiger partial charge < -0.3 is 15.2 Å². The molecule has 1 aromatic carbocycles. The fourth-order valence-electron chi connectivity index (χ4n) is 1.57. The van der Waals surface area contributed by atoms with Crippen molar-refractivity contribution in [1.29, 1.82) is 0 Å². The molecule has 4 nitrogen and oxygen atoms in total. The Labute approximate surface area is 113 Å². The fourth-order valence-corrected chi connectivity index (χ4v) is 1.57. The van der Waals surface area contributed by atoms with Crippen molar-refractivity contribution in [3.63, 3.8) is 0 Å². The van der Waals surface area contributed by atoms with E-state index in [1.54, 1.807) is 0 Å². The quantitative estimate of drug-likeness (QED) is 0.828. The molecule has 0 saturated heterocycles. The van der Waals surface area contributed by atoms with Crippen LogP contribution in [0.4, 0.5) is 0 Å². The summed E-state index contributed by atoms with van der Waals surface area (Å²) in [7, 11) is 1.34. The minimum atomic E-state index is -0.602. The molecule has 1 aliphatic rings. The van der Waals surface area contributed by atoms with Gasteiger partial charge in [0.05, 0.1) is 13.2 Å². The summed E-state index contributed by atoms with van der Waals surface area (Å²) in [6.07, 6.45) is 3.18. The number of nitrogens with two attached hydrogens (primary N) is 1. The van der Waals surface area contributed by atoms with Gasteiger partial charge in [-0.25, -0.2) is 0 Å². The molecule has 0 radical (unpaired) electrons. The number of rotatable bonds is 5. The molecule has 0 aliphatic heterocycles. The third-order valence-electron chi connectivity index (χ3n) is 2.71. The SMILES string of the molecule is COC(=O)[C@@H](N)Cc1ccc(OC2CC2)cc1.Cl. The van der Waals surface area contributed by atoms with Crippen LogP contribution in [0, 0.1) is 0 Å². The smallest absolute Gasteiger partial charge is 0.322 e. The summed E-state index contributed by atoms with van der Waals surface area (Å²) in [6.45, 7) is 0. The summed E-state index contributed by atoms with van der Waals surface area (Å²) in [5.74, 6) is 0.492. The molecule has 0 heterocycles. The van der Waals surface area contributed by atoms with Crippen molar-refractivity contribution in [3.05, 3.63) is 29.8 Å². The number of carbonyl (C=O) groups is 1. The van der Waals surface area contributed by atoms with Gasteiger partial charge in [0.25, 0.3) is 0 Å². The van der Waals surface area contributed by atoms with E-state index in [9.17, 15) is 4.79 Å². The molecule has 0 spiro atoms. The molecule has 1 aromatic rings. The van der Waals surface area contributed by atoms with E-state index in [2.05, 4.69) is 4.74 Å². The lowest BCUT2D eigenvalue weighted by atomic mass is 10.1.